The van der Waals surface area contributed by atoms with Gasteiger partial charge in [-0.25, -0.2) is 4.79 Å². The zero-order valence-electron chi connectivity index (χ0n) is 14.4. The highest BCUT2D eigenvalue weighted by Crippen LogP contribution is 2.31. The molecule has 2 rings (SSSR count). The topological polar surface area (TPSA) is 73.9 Å². The van der Waals surface area contributed by atoms with Gasteiger partial charge in [0.15, 0.2) is 0 Å². The lowest BCUT2D eigenvalue weighted by Gasteiger charge is -2.37. The lowest BCUT2D eigenvalue weighted by Crippen LogP contribution is -2.51. The first kappa shape index (κ1) is 17.8. The molecule has 1 aliphatic heterocycles. The summed E-state index contributed by atoms with van der Waals surface area (Å²) in [6.45, 7) is 6.93. The number of hydrogen-bond acceptors (Lipinski definition) is 5. The van der Waals surface area contributed by atoms with Crippen molar-refractivity contribution in [1.82, 2.24) is 5.32 Å². The second kappa shape index (κ2) is 7.86. The summed E-state index contributed by atoms with van der Waals surface area (Å²) < 4.78 is 16.8. The van der Waals surface area contributed by atoms with E-state index in [1.807, 2.05) is 37.3 Å². The van der Waals surface area contributed by atoms with Crippen molar-refractivity contribution in [3.05, 3.63) is 41.7 Å². The van der Waals surface area contributed by atoms with E-state index in [0.29, 0.717) is 17.1 Å². The Balaban J connectivity index is 2.29. The highest BCUT2D eigenvalue weighted by Gasteiger charge is 2.41. The Morgan fingerprint density at radius 1 is 1.25 bits per heavy atom. The molecule has 0 radical (unpaired) electrons. The molecule has 0 aromatic heterocycles. The molecule has 0 saturated heterocycles. The van der Waals surface area contributed by atoms with Crippen LogP contribution in [-0.4, -0.2) is 30.8 Å². The summed E-state index contributed by atoms with van der Waals surface area (Å²) in [6.07, 6.45) is -0.623. The average molecular weight is 333 g/mol. The van der Waals surface area contributed by atoms with Crippen LogP contribution < -0.4 is 10.1 Å². The highest BCUT2D eigenvalue weighted by molar-refractivity contribution is 5.91. The van der Waals surface area contributed by atoms with Gasteiger partial charge < -0.3 is 19.5 Å². The molecule has 1 aromatic carbocycles. The quantitative estimate of drug-likeness (QED) is 0.838. The van der Waals surface area contributed by atoms with Crippen molar-refractivity contribution in [3.63, 3.8) is 0 Å². The van der Waals surface area contributed by atoms with Crippen LogP contribution in [0.25, 0.3) is 0 Å². The predicted molar refractivity (Wildman–Crippen MR) is 88.0 cm³/mol. The van der Waals surface area contributed by atoms with Crippen LogP contribution in [0, 0.1) is 5.92 Å². The van der Waals surface area contributed by atoms with Gasteiger partial charge >= 0.3 is 5.97 Å². The molecule has 0 saturated carbocycles. The second-order valence-corrected chi connectivity index (χ2v) is 5.64. The van der Waals surface area contributed by atoms with E-state index in [2.05, 4.69) is 5.32 Å². The molecular formula is C18H23NO5. The SMILES string of the molecule is CCOC(=O)C1=C(C)OC(Oc2ccccc2)C(C)C1NC(C)=O. The zero-order valence-corrected chi connectivity index (χ0v) is 14.4. The Morgan fingerprint density at radius 2 is 1.92 bits per heavy atom. The first-order chi connectivity index (χ1) is 11.4. The molecular weight excluding hydrogens is 310 g/mol. The van der Waals surface area contributed by atoms with Crippen molar-refractivity contribution < 1.29 is 23.8 Å². The first-order valence-corrected chi connectivity index (χ1v) is 7.97. The fourth-order valence-corrected chi connectivity index (χ4v) is 2.65. The lowest BCUT2D eigenvalue weighted by molar-refractivity contribution is -0.143. The largest absolute Gasteiger partial charge is 0.462 e. The molecule has 0 bridgehead atoms. The summed E-state index contributed by atoms with van der Waals surface area (Å²) in [6, 6.07) is 8.72. The van der Waals surface area contributed by atoms with Gasteiger partial charge in [-0.3, -0.25) is 4.79 Å². The van der Waals surface area contributed by atoms with E-state index >= 15 is 0 Å². The number of rotatable bonds is 5. The third kappa shape index (κ3) is 4.07. The number of hydrogen-bond donors (Lipinski definition) is 1. The van der Waals surface area contributed by atoms with Gasteiger partial charge in [0.2, 0.25) is 12.2 Å². The number of para-hydroxylation sites is 1. The number of carbonyl (C=O) groups excluding carboxylic acids is 2. The third-order valence-electron chi connectivity index (χ3n) is 3.79. The van der Waals surface area contributed by atoms with Crippen LogP contribution in [-0.2, 0) is 19.1 Å². The zero-order chi connectivity index (χ0) is 17.7. The van der Waals surface area contributed by atoms with Crippen LogP contribution in [0.5, 0.6) is 5.75 Å². The molecule has 1 aliphatic rings. The molecule has 1 N–H and O–H groups in total. The third-order valence-corrected chi connectivity index (χ3v) is 3.79. The van der Waals surface area contributed by atoms with Crippen LogP contribution in [0.2, 0.25) is 0 Å². The maximum absolute atomic E-state index is 12.3. The average Bonchev–Trinajstić information content (AvgIpc) is 2.53. The second-order valence-electron chi connectivity index (χ2n) is 5.64. The van der Waals surface area contributed by atoms with Gasteiger partial charge in [-0.2, -0.15) is 0 Å². The number of benzene rings is 1. The summed E-state index contributed by atoms with van der Waals surface area (Å²) in [5, 5.41) is 2.81. The van der Waals surface area contributed by atoms with Gasteiger partial charge in [0.1, 0.15) is 11.5 Å². The minimum atomic E-state index is -0.623. The van der Waals surface area contributed by atoms with E-state index in [-0.39, 0.29) is 18.4 Å². The Bertz CT molecular complexity index is 626. The van der Waals surface area contributed by atoms with Gasteiger partial charge in [-0.05, 0) is 26.0 Å². The lowest BCUT2D eigenvalue weighted by atomic mass is 9.90. The summed E-state index contributed by atoms with van der Waals surface area (Å²) in [7, 11) is 0. The van der Waals surface area contributed by atoms with Gasteiger partial charge in [-0.15, -0.1) is 0 Å². The number of esters is 1. The maximum atomic E-state index is 12.3. The van der Waals surface area contributed by atoms with E-state index in [9.17, 15) is 9.59 Å². The Labute approximate surface area is 141 Å². The number of amides is 1. The van der Waals surface area contributed by atoms with Crippen molar-refractivity contribution in [1.29, 1.82) is 0 Å². The Kier molecular flexibility index (Phi) is 5.84. The molecule has 6 nitrogen and oxygen atoms in total. The van der Waals surface area contributed by atoms with E-state index in [0.717, 1.165) is 0 Å². The molecule has 6 heteroatoms. The van der Waals surface area contributed by atoms with Crippen molar-refractivity contribution in [2.75, 3.05) is 6.61 Å². The molecule has 1 amide bonds. The van der Waals surface area contributed by atoms with Gasteiger partial charge in [-0.1, -0.05) is 25.1 Å². The smallest absolute Gasteiger partial charge is 0.339 e. The van der Waals surface area contributed by atoms with Crippen LogP contribution in [0.15, 0.2) is 41.7 Å². The van der Waals surface area contributed by atoms with Crippen LogP contribution in [0.3, 0.4) is 0 Å². The van der Waals surface area contributed by atoms with Crippen LogP contribution in [0.4, 0.5) is 0 Å². The van der Waals surface area contributed by atoms with Gasteiger partial charge in [0.05, 0.1) is 24.1 Å². The fraction of sp³-hybridized carbons (Fsp3) is 0.444. The van der Waals surface area contributed by atoms with Gasteiger partial charge in [0.25, 0.3) is 0 Å². The number of nitrogens with one attached hydrogen (secondary N) is 1. The number of carbonyl (C=O) groups is 2. The highest BCUT2D eigenvalue weighted by atomic mass is 16.7. The molecule has 0 spiro atoms. The molecule has 1 heterocycles. The number of allylic oxidation sites excluding steroid dienone is 1. The number of ether oxygens (including phenoxy) is 3. The Morgan fingerprint density at radius 3 is 2.50 bits per heavy atom. The minimum Gasteiger partial charge on any atom is -0.462 e. The minimum absolute atomic E-state index is 0.234. The summed E-state index contributed by atoms with van der Waals surface area (Å²) in [5.41, 5.74) is 0.326. The maximum Gasteiger partial charge on any atom is 0.339 e. The molecule has 24 heavy (non-hydrogen) atoms. The normalized spacial score (nSPS) is 23.2. The molecule has 130 valence electrons. The van der Waals surface area contributed by atoms with Crippen molar-refractivity contribution >= 4 is 11.9 Å². The summed E-state index contributed by atoms with van der Waals surface area (Å²) in [5.74, 6) is 0.0484. The molecule has 1 aromatic rings. The van der Waals surface area contributed by atoms with Crippen molar-refractivity contribution in [3.8, 4) is 5.75 Å². The Hall–Kier alpha value is -2.50. The van der Waals surface area contributed by atoms with Crippen molar-refractivity contribution in [2.24, 2.45) is 5.92 Å². The molecule has 0 fully saturated rings. The summed E-state index contributed by atoms with van der Waals surface area (Å²) >= 11 is 0. The fourth-order valence-electron chi connectivity index (χ4n) is 2.65. The summed E-state index contributed by atoms with van der Waals surface area (Å²) in [4.78, 5) is 23.8. The standard InChI is InChI=1S/C18H23NO5/c1-5-22-17(21)15-12(3)23-18(11(2)16(15)19-13(4)20)24-14-9-7-6-8-10-14/h6-11,16,18H,5H2,1-4H3,(H,19,20). The predicted octanol–water partition coefficient (Wildman–Crippen LogP) is 2.40. The molecule has 0 aliphatic carbocycles. The van der Waals surface area contributed by atoms with Crippen molar-refractivity contribution in [2.45, 2.75) is 40.0 Å². The monoisotopic (exact) mass is 333 g/mol. The molecule has 3 unspecified atom stereocenters. The van der Waals surface area contributed by atoms with E-state index in [1.54, 1.807) is 13.8 Å². The molecule has 3 atom stereocenters. The van der Waals surface area contributed by atoms with E-state index < -0.39 is 18.3 Å². The van der Waals surface area contributed by atoms with E-state index in [1.165, 1.54) is 6.92 Å². The van der Waals surface area contributed by atoms with E-state index in [4.69, 9.17) is 14.2 Å². The first-order valence-electron chi connectivity index (χ1n) is 7.97. The van der Waals surface area contributed by atoms with Crippen LogP contribution in [0.1, 0.15) is 27.7 Å². The van der Waals surface area contributed by atoms with Crippen LogP contribution >= 0.6 is 0 Å². The van der Waals surface area contributed by atoms with Gasteiger partial charge in [0, 0.05) is 6.92 Å².